The normalized spacial score (nSPS) is 12.1. The van der Waals surface area contributed by atoms with Gasteiger partial charge in [0.2, 0.25) is 0 Å². The second kappa shape index (κ2) is 13.5. The number of para-hydroxylation sites is 1. The zero-order valence-corrected chi connectivity index (χ0v) is 34.8. The maximum atomic E-state index is 2.50. The van der Waals surface area contributed by atoms with Crippen LogP contribution in [0.15, 0.2) is 231 Å². The summed E-state index contributed by atoms with van der Waals surface area (Å²) in [6, 6.07) is 85.3. The minimum Gasteiger partial charge on any atom is -0.309 e. The summed E-state index contributed by atoms with van der Waals surface area (Å²) < 4.78 is 4.91. The molecule has 2 heterocycles. The van der Waals surface area contributed by atoms with Gasteiger partial charge < -0.3 is 9.13 Å². The molecule has 2 heteroatoms. The smallest absolute Gasteiger partial charge is 0.0619 e. The van der Waals surface area contributed by atoms with Gasteiger partial charge in [-0.3, -0.25) is 0 Å². The molecule has 64 heavy (non-hydrogen) atoms. The summed E-state index contributed by atoms with van der Waals surface area (Å²) in [7, 11) is 0. The van der Waals surface area contributed by atoms with Crippen molar-refractivity contribution >= 4 is 65.2 Å². The van der Waals surface area contributed by atoms with Gasteiger partial charge in [-0.2, -0.15) is 0 Å². The number of fused-ring (bicyclic) bond motifs is 11. The molecule has 0 N–H and O–H groups in total. The molecule has 0 spiro atoms. The van der Waals surface area contributed by atoms with Crippen LogP contribution in [0.4, 0.5) is 0 Å². The van der Waals surface area contributed by atoms with Gasteiger partial charge in [0.25, 0.3) is 0 Å². The monoisotopic (exact) mass is 810 g/mol. The lowest BCUT2D eigenvalue weighted by atomic mass is 9.94. The van der Waals surface area contributed by atoms with Crippen LogP contribution in [-0.2, 0) is 0 Å². The van der Waals surface area contributed by atoms with Crippen LogP contribution in [0.2, 0.25) is 0 Å². The van der Waals surface area contributed by atoms with Gasteiger partial charge in [0.1, 0.15) is 0 Å². The van der Waals surface area contributed by atoms with Crippen molar-refractivity contribution in [3.63, 3.8) is 0 Å². The Balaban J connectivity index is 0.936. The number of benzene rings is 11. The molecule has 0 aliphatic heterocycles. The lowest BCUT2D eigenvalue weighted by Crippen LogP contribution is -1.95. The summed E-state index contributed by atoms with van der Waals surface area (Å²) in [4.78, 5) is 0. The zero-order valence-electron chi connectivity index (χ0n) is 34.8. The second-order valence-electron chi connectivity index (χ2n) is 17.2. The first-order valence-corrected chi connectivity index (χ1v) is 22.2. The Morgan fingerprint density at radius 3 is 1.58 bits per heavy atom. The molecular formula is C62H38N2. The number of nitrogens with zero attached hydrogens (tertiary/aromatic N) is 2. The fraction of sp³-hybridized carbons (Fsp3) is 0. The van der Waals surface area contributed by atoms with E-state index < -0.39 is 0 Å². The largest absolute Gasteiger partial charge is 0.309 e. The lowest BCUT2D eigenvalue weighted by Gasteiger charge is -2.14. The second-order valence-corrected chi connectivity index (χ2v) is 17.2. The van der Waals surface area contributed by atoms with Crippen LogP contribution in [0.1, 0.15) is 0 Å². The van der Waals surface area contributed by atoms with E-state index in [9.17, 15) is 0 Å². The van der Waals surface area contributed by atoms with Crippen LogP contribution >= 0.6 is 0 Å². The first-order chi connectivity index (χ1) is 31.7. The third-order valence-corrected chi connectivity index (χ3v) is 13.8. The Hall–Kier alpha value is -8.46. The van der Waals surface area contributed by atoms with Gasteiger partial charge in [0, 0.05) is 38.3 Å². The van der Waals surface area contributed by atoms with E-state index in [-0.39, 0.29) is 0 Å². The number of rotatable bonds is 5. The average Bonchev–Trinajstić information content (AvgIpc) is 4.01. The summed E-state index contributed by atoms with van der Waals surface area (Å²) in [6.45, 7) is 0. The summed E-state index contributed by atoms with van der Waals surface area (Å²) >= 11 is 0. The molecule has 2 nitrogen and oxygen atoms in total. The van der Waals surface area contributed by atoms with E-state index in [4.69, 9.17) is 0 Å². The molecule has 296 valence electrons. The molecule has 0 saturated carbocycles. The Bertz CT molecular complexity index is 4040. The topological polar surface area (TPSA) is 9.86 Å². The molecule has 0 atom stereocenters. The molecule has 0 radical (unpaired) electrons. The Kier molecular flexibility index (Phi) is 7.43. The molecule has 0 fully saturated rings. The highest BCUT2D eigenvalue weighted by molar-refractivity contribution is 6.21. The van der Waals surface area contributed by atoms with E-state index >= 15 is 0 Å². The van der Waals surface area contributed by atoms with E-state index in [0.29, 0.717) is 0 Å². The van der Waals surface area contributed by atoms with Crippen LogP contribution in [0.25, 0.3) is 132 Å². The third kappa shape index (κ3) is 5.08. The van der Waals surface area contributed by atoms with E-state index in [1.165, 1.54) is 121 Å². The van der Waals surface area contributed by atoms with E-state index in [2.05, 4.69) is 240 Å². The standard InChI is InChI=1S/C62H38N2/c1-2-13-39(14-3-1)41-16-10-18-45(35-41)63-58-26-9-8-23-51(58)56-37-42(28-33-59(56)63)43-29-34-60-57(38-43)55-30-27-40-15-4-5-20-48(40)62(55)64(60)46-19-11-17-44(36-46)47-31-32-54-50-22-7-6-21-49(50)53-25-12-24-52(47)61(53)54/h1-38H. The summed E-state index contributed by atoms with van der Waals surface area (Å²) in [5.41, 5.74) is 19.7. The predicted octanol–water partition coefficient (Wildman–Crippen LogP) is 16.8. The summed E-state index contributed by atoms with van der Waals surface area (Å²) in [5, 5.41) is 10.1. The number of aromatic nitrogens is 2. The van der Waals surface area contributed by atoms with Crippen molar-refractivity contribution in [2.24, 2.45) is 0 Å². The molecule has 0 saturated heterocycles. The molecule has 1 aliphatic carbocycles. The molecule has 0 amide bonds. The highest BCUT2D eigenvalue weighted by Crippen LogP contribution is 2.49. The van der Waals surface area contributed by atoms with Crippen molar-refractivity contribution in [3.05, 3.63) is 231 Å². The van der Waals surface area contributed by atoms with Gasteiger partial charge in [0.15, 0.2) is 0 Å². The zero-order chi connectivity index (χ0) is 41.9. The Morgan fingerprint density at radius 1 is 0.234 bits per heavy atom. The maximum absolute atomic E-state index is 2.50. The third-order valence-electron chi connectivity index (χ3n) is 13.8. The van der Waals surface area contributed by atoms with Gasteiger partial charge in [0.05, 0.1) is 22.1 Å². The molecule has 11 aromatic carbocycles. The van der Waals surface area contributed by atoms with E-state index in [1.807, 2.05) is 0 Å². The minimum absolute atomic E-state index is 1.15. The van der Waals surface area contributed by atoms with Crippen molar-refractivity contribution in [1.29, 1.82) is 0 Å². The molecule has 1 aliphatic rings. The van der Waals surface area contributed by atoms with Crippen molar-refractivity contribution in [1.82, 2.24) is 9.13 Å². The lowest BCUT2D eigenvalue weighted by molar-refractivity contribution is 1.18. The Labute approximate surface area is 370 Å². The van der Waals surface area contributed by atoms with Crippen LogP contribution in [0.3, 0.4) is 0 Å². The van der Waals surface area contributed by atoms with Crippen LogP contribution in [-0.4, -0.2) is 9.13 Å². The van der Waals surface area contributed by atoms with Gasteiger partial charge >= 0.3 is 0 Å². The molecule has 13 aromatic rings. The highest BCUT2D eigenvalue weighted by atomic mass is 15.0. The molecule has 2 aromatic heterocycles. The Morgan fingerprint density at radius 2 is 0.766 bits per heavy atom. The summed E-state index contributed by atoms with van der Waals surface area (Å²) in [6.07, 6.45) is 0. The first-order valence-electron chi connectivity index (χ1n) is 22.2. The number of hydrogen-bond acceptors (Lipinski definition) is 0. The van der Waals surface area contributed by atoms with Crippen molar-refractivity contribution in [2.45, 2.75) is 0 Å². The van der Waals surface area contributed by atoms with Gasteiger partial charge in [-0.1, -0.05) is 176 Å². The molecule has 0 bridgehead atoms. The van der Waals surface area contributed by atoms with E-state index in [1.54, 1.807) is 0 Å². The fourth-order valence-corrected chi connectivity index (χ4v) is 11.0. The van der Waals surface area contributed by atoms with Gasteiger partial charge in [-0.15, -0.1) is 0 Å². The van der Waals surface area contributed by atoms with Gasteiger partial charge in [-0.25, -0.2) is 0 Å². The first kappa shape index (κ1) is 35.2. The maximum Gasteiger partial charge on any atom is 0.0619 e. The van der Waals surface area contributed by atoms with Crippen LogP contribution < -0.4 is 0 Å². The molecular weight excluding hydrogens is 773 g/mol. The van der Waals surface area contributed by atoms with Crippen molar-refractivity contribution in [2.75, 3.05) is 0 Å². The predicted molar refractivity (Wildman–Crippen MR) is 271 cm³/mol. The fourth-order valence-electron chi connectivity index (χ4n) is 11.0. The molecule has 0 unspecified atom stereocenters. The summed E-state index contributed by atoms with van der Waals surface area (Å²) in [5.74, 6) is 0. The number of hydrogen-bond donors (Lipinski definition) is 0. The van der Waals surface area contributed by atoms with Crippen molar-refractivity contribution < 1.29 is 0 Å². The van der Waals surface area contributed by atoms with E-state index in [0.717, 1.165) is 11.4 Å². The quantitative estimate of drug-likeness (QED) is 0.164. The van der Waals surface area contributed by atoms with Crippen molar-refractivity contribution in [3.8, 4) is 67.0 Å². The SMILES string of the molecule is c1ccc(-c2cccc(-n3c4ccccc4c4cc(-c5ccc6c(c5)c5ccc7ccccc7c5n6-c5cccc(-c6ccc7c8c(cccc68)-c6ccccc6-7)c5)ccc43)c2)cc1. The molecule has 14 rings (SSSR count). The van der Waals surface area contributed by atoms with Gasteiger partial charge in [-0.05, 0) is 126 Å². The van der Waals surface area contributed by atoms with Crippen LogP contribution in [0, 0.1) is 0 Å². The van der Waals surface area contributed by atoms with Crippen LogP contribution in [0.5, 0.6) is 0 Å². The highest BCUT2D eigenvalue weighted by Gasteiger charge is 2.23. The minimum atomic E-state index is 1.15. The average molecular weight is 811 g/mol.